The maximum Gasteiger partial charge on any atom is 0.266 e. The third-order valence-electron chi connectivity index (χ3n) is 5.16. The summed E-state index contributed by atoms with van der Waals surface area (Å²) in [5.74, 6) is -0.295. The summed E-state index contributed by atoms with van der Waals surface area (Å²) in [7, 11) is 0. The van der Waals surface area contributed by atoms with E-state index in [1.54, 1.807) is 0 Å². The molecule has 1 N–H and O–H groups in total. The average Bonchev–Trinajstić information content (AvgIpc) is 3.05. The Morgan fingerprint density at radius 1 is 1.06 bits per heavy atom. The lowest BCUT2D eigenvalue weighted by Crippen LogP contribution is -2.31. The standard InChI is InChI=1S/C25H22N2O2S2/c1-2-17-7-9-18(10-8-17)15-22-24(29)27(25(30)31-22)14-13-23(28)26-21-12-11-19-5-3-4-6-20(19)16-21/h3-12,15-16H,2,13-14H2,1H3,(H,26,28). The monoisotopic (exact) mass is 446 g/mol. The minimum atomic E-state index is -0.150. The minimum Gasteiger partial charge on any atom is -0.326 e. The molecular formula is C25H22N2O2S2. The number of hydrogen-bond donors (Lipinski definition) is 1. The first-order valence-corrected chi connectivity index (χ1v) is 11.4. The summed E-state index contributed by atoms with van der Waals surface area (Å²) < 4.78 is 0.486. The highest BCUT2D eigenvalue weighted by Gasteiger charge is 2.32. The van der Waals surface area contributed by atoms with E-state index in [4.69, 9.17) is 12.2 Å². The minimum absolute atomic E-state index is 0.145. The molecule has 0 radical (unpaired) electrons. The summed E-state index contributed by atoms with van der Waals surface area (Å²) in [6.45, 7) is 2.37. The fraction of sp³-hybridized carbons (Fsp3) is 0.160. The molecule has 0 spiro atoms. The van der Waals surface area contributed by atoms with Gasteiger partial charge in [-0.15, -0.1) is 0 Å². The molecule has 6 heteroatoms. The number of aryl methyl sites for hydroxylation is 1. The van der Waals surface area contributed by atoms with E-state index < -0.39 is 0 Å². The molecule has 0 saturated carbocycles. The smallest absolute Gasteiger partial charge is 0.266 e. The second-order valence-corrected chi connectivity index (χ2v) is 8.96. The van der Waals surface area contributed by atoms with Gasteiger partial charge in [0.1, 0.15) is 4.32 Å². The Kier molecular flexibility index (Phi) is 6.49. The lowest BCUT2D eigenvalue weighted by molar-refractivity contribution is -0.122. The molecule has 1 aliphatic rings. The van der Waals surface area contributed by atoms with Crippen LogP contribution >= 0.6 is 24.0 Å². The molecule has 1 saturated heterocycles. The summed E-state index contributed by atoms with van der Waals surface area (Å²) in [6.07, 6.45) is 3.01. The quantitative estimate of drug-likeness (QED) is 0.394. The van der Waals surface area contributed by atoms with E-state index in [1.807, 2.05) is 60.7 Å². The summed E-state index contributed by atoms with van der Waals surface area (Å²) in [6, 6.07) is 21.9. The lowest BCUT2D eigenvalue weighted by Gasteiger charge is -2.14. The number of benzene rings is 3. The van der Waals surface area contributed by atoms with Crippen LogP contribution in [0.3, 0.4) is 0 Å². The summed E-state index contributed by atoms with van der Waals surface area (Å²) >= 11 is 6.66. The second-order valence-electron chi connectivity index (χ2n) is 7.29. The van der Waals surface area contributed by atoms with Gasteiger partial charge in [0.2, 0.25) is 5.91 Å². The van der Waals surface area contributed by atoms with Gasteiger partial charge in [0.05, 0.1) is 4.91 Å². The molecule has 0 unspecified atom stereocenters. The maximum absolute atomic E-state index is 12.8. The second kappa shape index (κ2) is 9.45. The number of carbonyl (C=O) groups is 2. The SMILES string of the molecule is CCc1ccc(C=C2SC(=S)N(CCC(=O)Nc3ccc4ccccc4c3)C2=O)cc1. The molecule has 1 heterocycles. The fourth-order valence-corrected chi connectivity index (χ4v) is 4.71. The van der Waals surface area contributed by atoms with Gasteiger partial charge in [0.25, 0.3) is 5.91 Å². The van der Waals surface area contributed by atoms with Crippen molar-refractivity contribution >= 4 is 62.7 Å². The summed E-state index contributed by atoms with van der Waals surface area (Å²) in [5.41, 5.74) is 2.96. The van der Waals surface area contributed by atoms with Gasteiger partial charge in [-0.05, 0) is 46.5 Å². The Morgan fingerprint density at radius 2 is 1.81 bits per heavy atom. The van der Waals surface area contributed by atoms with Crippen molar-refractivity contribution in [3.05, 3.63) is 82.8 Å². The topological polar surface area (TPSA) is 49.4 Å². The number of carbonyl (C=O) groups excluding carboxylic acids is 2. The molecule has 0 aliphatic carbocycles. The van der Waals surface area contributed by atoms with Crippen molar-refractivity contribution < 1.29 is 9.59 Å². The van der Waals surface area contributed by atoms with E-state index >= 15 is 0 Å². The molecule has 1 fully saturated rings. The van der Waals surface area contributed by atoms with E-state index in [-0.39, 0.29) is 24.8 Å². The largest absolute Gasteiger partial charge is 0.326 e. The maximum atomic E-state index is 12.8. The van der Waals surface area contributed by atoms with Crippen molar-refractivity contribution in [2.45, 2.75) is 19.8 Å². The first kappa shape index (κ1) is 21.3. The Morgan fingerprint density at radius 3 is 2.55 bits per heavy atom. The van der Waals surface area contributed by atoms with E-state index in [0.717, 1.165) is 28.4 Å². The highest BCUT2D eigenvalue weighted by molar-refractivity contribution is 8.26. The number of thiocarbonyl (C=S) groups is 1. The number of rotatable bonds is 6. The van der Waals surface area contributed by atoms with Gasteiger partial charge in [-0.1, -0.05) is 85.5 Å². The van der Waals surface area contributed by atoms with Crippen LogP contribution in [-0.4, -0.2) is 27.6 Å². The molecule has 4 nitrogen and oxygen atoms in total. The van der Waals surface area contributed by atoms with Gasteiger partial charge in [-0.3, -0.25) is 14.5 Å². The average molecular weight is 447 g/mol. The first-order chi connectivity index (χ1) is 15.0. The zero-order chi connectivity index (χ0) is 21.8. The zero-order valence-electron chi connectivity index (χ0n) is 17.1. The van der Waals surface area contributed by atoms with Crippen LogP contribution in [0.15, 0.2) is 71.6 Å². The summed E-state index contributed by atoms with van der Waals surface area (Å²) in [4.78, 5) is 27.3. The van der Waals surface area contributed by atoms with Crippen molar-refractivity contribution in [3.63, 3.8) is 0 Å². The lowest BCUT2D eigenvalue weighted by atomic mass is 10.1. The molecule has 156 valence electrons. The van der Waals surface area contributed by atoms with E-state index in [1.165, 1.54) is 22.2 Å². The zero-order valence-corrected chi connectivity index (χ0v) is 18.8. The van der Waals surface area contributed by atoms with Crippen molar-refractivity contribution in [2.24, 2.45) is 0 Å². The van der Waals surface area contributed by atoms with Gasteiger partial charge >= 0.3 is 0 Å². The van der Waals surface area contributed by atoms with Crippen LogP contribution in [0.4, 0.5) is 5.69 Å². The number of thioether (sulfide) groups is 1. The molecule has 31 heavy (non-hydrogen) atoms. The van der Waals surface area contributed by atoms with Crippen LogP contribution in [-0.2, 0) is 16.0 Å². The van der Waals surface area contributed by atoms with Crippen LogP contribution < -0.4 is 5.32 Å². The third-order valence-corrected chi connectivity index (χ3v) is 6.53. The Hall–Kier alpha value is -2.96. The highest BCUT2D eigenvalue weighted by Crippen LogP contribution is 2.32. The van der Waals surface area contributed by atoms with Crippen molar-refractivity contribution in [1.82, 2.24) is 4.90 Å². The van der Waals surface area contributed by atoms with Gasteiger partial charge in [-0.2, -0.15) is 0 Å². The van der Waals surface area contributed by atoms with Crippen LogP contribution in [0.2, 0.25) is 0 Å². The molecule has 1 aliphatic heterocycles. The Bertz CT molecular complexity index is 1190. The molecule has 3 aromatic carbocycles. The van der Waals surface area contributed by atoms with E-state index in [0.29, 0.717) is 9.23 Å². The van der Waals surface area contributed by atoms with Crippen LogP contribution in [0, 0.1) is 0 Å². The van der Waals surface area contributed by atoms with Crippen LogP contribution in [0.25, 0.3) is 16.8 Å². The Balaban J connectivity index is 1.37. The predicted molar refractivity (Wildman–Crippen MR) is 133 cm³/mol. The number of fused-ring (bicyclic) bond motifs is 1. The Labute approximate surface area is 191 Å². The normalized spacial score (nSPS) is 15.1. The molecule has 4 rings (SSSR count). The molecular weight excluding hydrogens is 424 g/mol. The van der Waals surface area contributed by atoms with E-state index in [9.17, 15) is 9.59 Å². The van der Waals surface area contributed by atoms with Gasteiger partial charge in [0.15, 0.2) is 0 Å². The number of hydrogen-bond acceptors (Lipinski definition) is 4. The summed E-state index contributed by atoms with van der Waals surface area (Å²) in [5, 5.41) is 5.09. The van der Waals surface area contributed by atoms with Gasteiger partial charge < -0.3 is 5.32 Å². The first-order valence-electron chi connectivity index (χ1n) is 10.2. The van der Waals surface area contributed by atoms with Crippen molar-refractivity contribution in [2.75, 3.05) is 11.9 Å². The molecule has 2 amide bonds. The number of nitrogens with one attached hydrogen (secondary N) is 1. The predicted octanol–water partition coefficient (Wildman–Crippen LogP) is 5.63. The molecule has 3 aromatic rings. The molecule has 0 bridgehead atoms. The third kappa shape index (κ3) is 5.03. The number of nitrogens with zero attached hydrogens (tertiary/aromatic N) is 1. The fourth-order valence-electron chi connectivity index (χ4n) is 3.40. The van der Waals surface area contributed by atoms with Crippen LogP contribution in [0.5, 0.6) is 0 Å². The number of anilines is 1. The van der Waals surface area contributed by atoms with Crippen molar-refractivity contribution in [1.29, 1.82) is 0 Å². The van der Waals surface area contributed by atoms with E-state index in [2.05, 4.69) is 24.4 Å². The highest BCUT2D eigenvalue weighted by atomic mass is 32.2. The van der Waals surface area contributed by atoms with Crippen LogP contribution in [0.1, 0.15) is 24.5 Å². The van der Waals surface area contributed by atoms with Gasteiger partial charge in [0, 0.05) is 18.7 Å². The molecule has 0 aromatic heterocycles. The van der Waals surface area contributed by atoms with Gasteiger partial charge in [-0.25, -0.2) is 0 Å². The van der Waals surface area contributed by atoms with Crippen molar-refractivity contribution in [3.8, 4) is 0 Å². The molecule has 0 atom stereocenters. The number of amides is 2.